The molecule has 0 aromatic carbocycles. The number of halogens is 1. The molecule has 3 aromatic rings. The molecule has 0 saturated carbocycles. The Morgan fingerprint density at radius 1 is 1.12 bits per heavy atom. The van der Waals surface area contributed by atoms with E-state index < -0.39 is 0 Å². The summed E-state index contributed by atoms with van der Waals surface area (Å²) in [5.74, 6) is 2.10. The molecule has 0 amide bonds. The third-order valence-corrected chi connectivity index (χ3v) is 9.77. The van der Waals surface area contributed by atoms with Crippen LogP contribution in [0.25, 0.3) is 5.70 Å². The lowest BCUT2D eigenvalue weighted by Gasteiger charge is -2.49. The lowest BCUT2D eigenvalue weighted by atomic mass is 9.74. The number of thiophene rings is 1. The summed E-state index contributed by atoms with van der Waals surface area (Å²) in [5, 5.41) is 29.2. The van der Waals surface area contributed by atoms with Gasteiger partial charge in [0.05, 0.1) is 35.7 Å². The number of fused-ring (bicyclic) bond motifs is 2. The highest BCUT2D eigenvalue weighted by molar-refractivity contribution is 7.16. The number of ether oxygens (including phenoxy) is 1. The van der Waals surface area contributed by atoms with E-state index in [1.54, 1.807) is 4.57 Å². The number of nitrogen functional groups attached to an aromatic ring is 1. The summed E-state index contributed by atoms with van der Waals surface area (Å²) in [6, 6.07) is 4.81. The van der Waals surface area contributed by atoms with Crippen molar-refractivity contribution in [1.29, 1.82) is 10.5 Å². The molecule has 15 heteroatoms. The standard InChI is InChI=1S/C27H29ClN12OS/c1-14-36-37-25(38(14)2)21(31)20(28)17-11-39(8-4-7-33-17)23-16(10-30)24(35-26(34-23)41-3)40-12-27(13-40)6-5-18-19(27)15(9-29)22(32)42-18/h4-8,11-13,31-32H2,1-3H3/b21-20+. The molecule has 1 saturated heterocycles. The maximum Gasteiger partial charge on any atom is 0.320 e. The van der Waals surface area contributed by atoms with E-state index in [9.17, 15) is 10.5 Å². The molecular weight excluding hydrogens is 576 g/mol. The largest absolute Gasteiger partial charge is 0.467 e. The Labute approximate surface area is 251 Å². The van der Waals surface area contributed by atoms with E-state index in [1.807, 2.05) is 18.9 Å². The Kier molecular flexibility index (Phi) is 6.91. The zero-order chi connectivity index (χ0) is 29.8. The Bertz CT molecular complexity index is 1740. The summed E-state index contributed by atoms with van der Waals surface area (Å²) in [6.07, 6.45) is 2.54. The summed E-state index contributed by atoms with van der Waals surface area (Å²) in [4.78, 5) is 19.1. The molecule has 1 spiro atoms. The van der Waals surface area contributed by atoms with E-state index in [4.69, 9.17) is 32.8 Å². The van der Waals surface area contributed by atoms with Crippen molar-refractivity contribution in [1.82, 2.24) is 24.7 Å². The molecule has 42 heavy (non-hydrogen) atoms. The van der Waals surface area contributed by atoms with Gasteiger partial charge in [0, 0.05) is 43.5 Å². The van der Waals surface area contributed by atoms with Gasteiger partial charge in [-0.05, 0) is 31.7 Å². The summed E-state index contributed by atoms with van der Waals surface area (Å²) in [7, 11) is 3.32. The number of aryl methyl sites for hydroxylation is 2. The van der Waals surface area contributed by atoms with Crippen molar-refractivity contribution in [3.05, 3.63) is 38.2 Å². The smallest absolute Gasteiger partial charge is 0.320 e. The molecule has 3 aliphatic rings. The Balaban J connectivity index is 1.33. The van der Waals surface area contributed by atoms with Crippen LogP contribution >= 0.6 is 22.9 Å². The van der Waals surface area contributed by atoms with Crippen molar-refractivity contribution >= 4 is 51.0 Å². The molecule has 0 atom stereocenters. The molecule has 1 fully saturated rings. The first-order valence-corrected chi connectivity index (χ1v) is 14.6. The lowest BCUT2D eigenvalue weighted by molar-refractivity contribution is 0.323. The lowest BCUT2D eigenvalue weighted by Crippen LogP contribution is -2.59. The fourth-order valence-electron chi connectivity index (χ4n) is 6.04. The maximum atomic E-state index is 10.4. The minimum absolute atomic E-state index is 0.156. The third kappa shape index (κ3) is 4.30. The molecule has 6 rings (SSSR count). The van der Waals surface area contributed by atoms with Crippen LogP contribution in [-0.4, -0.2) is 70.3 Å². The topological polar surface area (TPSA) is 184 Å². The Morgan fingerprint density at radius 2 is 1.83 bits per heavy atom. The first-order chi connectivity index (χ1) is 20.2. The monoisotopic (exact) mass is 604 g/mol. The molecule has 5 heterocycles. The fraction of sp³-hybridized carbons (Fsp3) is 0.444. The summed E-state index contributed by atoms with van der Waals surface area (Å²) < 4.78 is 7.25. The number of aliphatic imine (C=N–C) groups is 1. The normalized spacial score (nSPS) is 18.0. The van der Waals surface area contributed by atoms with E-state index in [0.29, 0.717) is 71.3 Å². The zero-order valence-corrected chi connectivity index (χ0v) is 25.1. The minimum atomic E-state index is -0.184. The number of methoxy groups -OCH3 is 1. The number of anilines is 3. The van der Waals surface area contributed by atoms with Crippen molar-refractivity contribution in [2.45, 2.75) is 31.6 Å². The van der Waals surface area contributed by atoms with E-state index >= 15 is 0 Å². The number of aromatic nitrogens is 5. The van der Waals surface area contributed by atoms with Crippen molar-refractivity contribution in [3.63, 3.8) is 0 Å². The van der Waals surface area contributed by atoms with Crippen LogP contribution in [0.2, 0.25) is 0 Å². The molecule has 0 radical (unpaired) electrons. The molecule has 3 aromatic heterocycles. The van der Waals surface area contributed by atoms with Crippen molar-refractivity contribution in [2.24, 2.45) is 17.8 Å². The van der Waals surface area contributed by atoms with E-state index in [1.165, 1.54) is 23.3 Å². The van der Waals surface area contributed by atoms with Gasteiger partial charge in [-0.3, -0.25) is 4.99 Å². The number of rotatable bonds is 5. The molecule has 1 aliphatic carbocycles. The maximum absolute atomic E-state index is 10.4. The second-order valence-electron chi connectivity index (χ2n) is 10.7. The number of nitrogens with zero attached hydrogens (tertiary/aromatic N) is 10. The van der Waals surface area contributed by atoms with Crippen LogP contribution in [-0.2, 0) is 18.9 Å². The molecule has 0 unspecified atom stereocenters. The summed E-state index contributed by atoms with van der Waals surface area (Å²) >= 11 is 8.30. The second-order valence-corrected chi connectivity index (χ2v) is 12.2. The van der Waals surface area contributed by atoms with E-state index in [2.05, 4.69) is 37.2 Å². The molecule has 2 aliphatic heterocycles. The average Bonchev–Trinajstić information content (AvgIpc) is 3.53. The second kappa shape index (κ2) is 10.5. The van der Waals surface area contributed by atoms with Crippen LogP contribution in [0.5, 0.6) is 6.01 Å². The van der Waals surface area contributed by atoms with Crippen LogP contribution < -0.4 is 26.0 Å². The van der Waals surface area contributed by atoms with Gasteiger partial charge in [0.25, 0.3) is 0 Å². The molecular formula is C27H29ClN12OS. The Morgan fingerprint density at radius 3 is 2.48 bits per heavy atom. The van der Waals surface area contributed by atoms with Gasteiger partial charge in [0.2, 0.25) is 0 Å². The first-order valence-electron chi connectivity index (χ1n) is 13.4. The van der Waals surface area contributed by atoms with Gasteiger partial charge in [-0.1, -0.05) is 11.6 Å². The molecule has 216 valence electrons. The van der Waals surface area contributed by atoms with E-state index in [-0.39, 0.29) is 28.7 Å². The van der Waals surface area contributed by atoms with Gasteiger partial charge < -0.3 is 30.6 Å². The molecule has 0 bridgehead atoms. The van der Waals surface area contributed by atoms with Gasteiger partial charge in [0.15, 0.2) is 17.5 Å². The summed E-state index contributed by atoms with van der Waals surface area (Å²) in [5.41, 5.74) is 15.2. The molecule has 13 nitrogen and oxygen atoms in total. The Hall–Kier alpha value is -4.40. The van der Waals surface area contributed by atoms with E-state index in [0.717, 1.165) is 24.8 Å². The highest BCUT2D eigenvalue weighted by atomic mass is 35.5. The quantitative estimate of drug-likeness (QED) is 0.435. The van der Waals surface area contributed by atoms with Crippen molar-refractivity contribution in [3.8, 4) is 18.1 Å². The van der Waals surface area contributed by atoms with Crippen LogP contribution in [0, 0.1) is 29.6 Å². The predicted octanol–water partition coefficient (Wildman–Crippen LogP) is 2.23. The zero-order valence-electron chi connectivity index (χ0n) is 23.5. The van der Waals surface area contributed by atoms with Gasteiger partial charge >= 0.3 is 6.01 Å². The average molecular weight is 605 g/mol. The SMILES string of the molecule is COc1nc(N2CCCN=C(/C(Cl)=C(\N)c3nnc(C)n3C)C2)c(C#N)c(N2CC3(CCc4sc(N)c(C#N)c43)C2)n1. The van der Waals surface area contributed by atoms with Gasteiger partial charge in [0.1, 0.15) is 28.5 Å². The van der Waals surface area contributed by atoms with Crippen LogP contribution in [0.3, 0.4) is 0 Å². The predicted molar refractivity (Wildman–Crippen MR) is 161 cm³/mol. The van der Waals surface area contributed by atoms with Crippen LogP contribution in [0.1, 0.15) is 46.1 Å². The number of nitriles is 2. The van der Waals surface area contributed by atoms with Gasteiger partial charge in [-0.25, -0.2) is 0 Å². The van der Waals surface area contributed by atoms with Crippen LogP contribution in [0.15, 0.2) is 10.0 Å². The summed E-state index contributed by atoms with van der Waals surface area (Å²) in [6.45, 7) is 4.46. The minimum Gasteiger partial charge on any atom is -0.467 e. The first kappa shape index (κ1) is 27.8. The van der Waals surface area contributed by atoms with Gasteiger partial charge in [-0.2, -0.15) is 20.5 Å². The van der Waals surface area contributed by atoms with Gasteiger partial charge in [-0.15, -0.1) is 21.5 Å². The fourth-order valence-corrected chi connectivity index (χ4v) is 7.38. The number of nitrogens with two attached hydrogens (primary N) is 2. The van der Waals surface area contributed by atoms with Crippen LogP contribution in [0.4, 0.5) is 16.6 Å². The molecule has 4 N–H and O–H groups in total. The highest BCUT2D eigenvalue weighted by Gasteiger charge is 2.52. The number of hydrogen-bond acceptors (Lipinski definition) is 13. The highest BCUT2D eigenvalue weighted by Crippen LogP contribution is 2.53. The van der Waals surface area contributed by atoms with Crippen molar-refractivity contribution in [2.75, 3.05) is 55.4 Å². The van der Waals surface area contributed by atoms with Crippen molar-refractivity contribution < 1.29 is 4.74 Å². The number of hydrogen-bond donors (Lipinski definition) is 2. The third-order valence-electron chi connectivity index (χ3n) is 8.26.